The lowest BCUT2D eigenvalue weighted by molar-refractivity contribution is 0.198. The van der Waals surface area contributed by atoms with E-state index < -0.39 is 0 Å². The fourth-order valence-electron chi connectivity index (χ4n) is 3.02. The first-order valence-corrected chi connectivity index (χ1v) is 10.4. The number of aromatic nitrogens is 1. The first kappa shape index (κ1) is 19.9. The molecule has 1 aliphatic heterocycles. The van der Waals surface area contributed by atoms with E-state index in [0.717, 1.165) is 46.8 Å². The summed E-state index contributed by atoms with van der Waals surface area (Å²) < 4.78 is 0.745. The Hall–Kier alpha value is -1.83. The van der Waals surface area contributed by atoms with E-state index in [-0.39, 0.29) is 6.03 Å². The number of anilines is 1. The first-order valence-electron chi connectivity index (χ1n) is 9.20. The molecular weight excluding hydrogens is 382 g/mol. The van der Waals surface area contributed by atoms with Crippen LogP contribution in [0.1, 0.15) is 17.4 Å². The van der Waals surface area contributed by atoms with Crippen LogP contribution < -0.4 is 10.2 Å². The molecule has 3 heterocycles. The van der Waals surface area contributed by atoms with Crippen LogP contribution in [0.25, 0.3) is 0 Å². The van der Waals surface area contributed by atoms with Crippen molar-refractivity contribution < 1.29 is 4.79 Å². The minimum absolute atomic E-state index is 0.0695. The molecule has 0 unspecified atom stereocenters. The number of pyridine rings is 1. The van der Waals surface area contributed by atoms with E-state index >= 15 is 0 Å². The van der Waals surface area contributed by atoms with Gasteiger partial charge in [-0.2, -0.15) is 0 Å². The molecule has 27 heavy (non-hydrogen) atoms. The standard InChI is InChI=1S/C19H26ClN5OS/c1-3-24(14-16-4-5-17(20)27-16)19(26)22-13-15-6-7-21-18(12-15)25-10-8-23(2)9-11-25/h4-7,12H,3,8-11,13-14H2,1-2H3,(H,22,26). The van der Waals surface area contributed by atoms with Crippen LogP contribution >= 0.6 is 22.9 Å². The molecule has 0 radical (unpaired) electrons. The molecular formula is C19H26ClN5OS. The molecule has 2 aromatic rings. The van der Waals surface area contributed by atoms with Crippen LogP contribution in [-0.4, -0.2) is 60.6 Å². The van der Waals surface area contributed by atoms with Gasteiger partial charge < -0.3 is 20.0 Å². The number of halogens is 1. The number of carbonyl (C=O) groups is 1. The maximum atomic E-state index is 12.5. The summed E-state index contributed by atoms with van der Waals surface area (Å²) in [6.07, 6.45) is 1.82. The van der Waals surface area contributed by atoms with Gasteiger partial charge in [0.05, 0.1) is 10.9 Å². The molecule has 2 aromatic heterocycles. The Bertz CT molecular complexity index is 760. The average Bonchev–Trinajstić information content (AvgIpc) is 3.10. The molecule has 8 heteroatoms. The van der Waals surface area contributed by atoms with Gasteiger partial charge in [-0.05, 0) is 43.8 Å². The average molecular weight is 408 g/mol. The molecule has 0 spiro atoms. The van der Waals surface area contributed by atoms with Crippen molar-refractivity contribution in [1.29, 1.82) is 0 Å². The topological polar surface area (TPSA) is 51.7 Å². The molecule has 0 saturated carbocycles. The Morgan fingerprint density at radius 1 is 1.30 bits per heavy atom. The zero-order chi connectivity index (χ0) is 19.2. The second-order valence-corrected chi connectivity index (χ2v) is 8.49. The zero-order valence-corrected chi connectivity index (χ0v) is 17.4. The highest BCUT2D eigenvalue weighted by Gasteiger charge is 2.16. The second-order valence-electron chi connectivity index (χ2n) is 6.69. The van der Waals surface area contributed by atoms with Crippen LogP contribution in [0.4, 0.5) is 10.6 Å². The first-order chi connectivity index (χ1) is 13.0. The van der Waals surface area contributed by atoms with Crippen molar-refractivity contribution in [2.24, 2.45) is 0 Å². The molecule has 0 atom stereocenters. The lowest BCUT2D eigenvalue weighted by atomic mass is 10.2. The van der Waals surface area contributed by atoms with Crippen molar-refractivity contribution in [2.75, 3.05) is 44.7 Å². The second kappa shape index (κ2) is 9.39. The van der Waals surface area contributed by atoms with Crippen molar-refractivity contribution in [3.8, 4) is 0 Å². The highest BCUT2D eigenvalue weighted by atomic mass is 35.5. The van der Waals surface area contributed by atoms with Crippen LogP contribution in [0.2, 0.25) is 4.34 Å². The van der Waals surface area contributed by atoms with E-state index in [4.69, 9.17) is 11.6 Å². The molecule has 0 aliphatic carbocycles. The Kier molecular flexibility index (Phi) is 6.93. The lowest BCUT2D eigenvalue weighted by Crippen LogP contribution is -2.44. The quantitative estimate of drug-likeness (QED) is 0.798. The third-order valence-electron chi connectivity index (χ3n) is 4.73. The van der Waals surface area contributed by atoms with E-state index in [0.29, 0.717) is 19.6 Å². The molecule has 146 valence electrons. The number of nitrogens with zero attached hydrogens (tertiary/aromatic N) is 4. The normalized spacial score (nSPS) is 15.0. The number of hydrogen-bond donors (Lipinski definition) is 1. The molecule has 6 nitrogen and oxygen atoms in total. The van der Waals surface area contributed by atoms with Gasteiger partial charge in [0.2, 0.25) is 0 Å². The number of carbonyl (C=O) groups excluding carboxylic acids is 1. The highest BCUT2D eigenvalue weighted by Crippen LogP contribution is 2.22. The van der Waals surface area contributed by atoms with Crippen molar-refractivity contribution in [1.82, 2.24) is 20.1 Å². The number of thiophene rings is 1. The van der Waals surface area contributed by atoms with Crippen molar-refractivity contribution in [2.45, 2.75) is 20.0 Å². The SMILES string of the molecule is CCN(Cc1ccc(Cl)s1)C(=O)NCc1ccnc(N2CCN(C)CC2)c1. The Labute approximate surface area is 169 Å². The van der Waals surface area contributed by atoms with Gasteiger partial charge in [-0.15, -0.1) is 11.3 Å². The Morgan fingerprint density at radius 3 is 2.74 bits per heavy atom. The molecule has 2 amide bonds. The molecule has 0 aromatic carbocycles. The van der Waals surface area contributed by atoms with Crippen molar-refractivity contribution in [3.05, 3.63) is 45.2 Å². The van der Waals surface area contributed by atoms with E-state index in [1.165, 1.54) is 11.3 Å². The van der Waals surface area contributed by atoms with E-state index in [1.54, 1.807) is 4.90 Å². The summed E-state index contributed by atoms with van der Waals surface area (Å²) in [6, 6.07) is 7.79. The third-order valence-corrected chi connectivity index (χ3v) is 5.94. The summed E-state index contributed by atoms with van der Waals surface area (Å²) in [6.45, 7) is 7.73. The van der Waals surface area contributed by atoms with E-state index in [9.17, 15) is 4.79 Å². The number of rotatable bonds is 6. The van der Waals surface area contributed by atoms with E-state index in [1.807, 2.05) is 31.3 Å². The smallest absolute Gasteiger partial charge is 0.317 e. The minimum atomic E-state index is -0.0695. The van der Waals surface area contributed by atoms with Gasteiger partial charge in [0.15, 0.2) is 0 Å². The monoisotopic (exact) mass is 407 g/mol. The van der Waals surface area contributed by atoms with Crippen molar-refractivity contribution in [3.63, 3.8) is 0 Å². The van der Waals surface area contributed by atoms with Crippen LogP contribution in [-0.2, 0) is 13.1 Å². The maximum Gasteiger partial charge on any atom is 0.317 e. The number of urea groups is 1. The zero-order valence-electron chi connectivity index (χ0n) is 15.8. The van der Waals surface area contributed by atoms with Crippen LogP contribution in [0, 0.1) is 0 Å². The summed E-state index contributed by atoms with van der Waals surface area (Å²) in [5, 5.41) is 3.02. The molecule has 3 rings (SSSR count). The Morgan fingerprint density at radius 2 is 2.07 bits per heavy atom. The van der Waals surface area contributed by atoms with Crippen LogP contribution in [0.5, 0.6) is 0 Å². The number of amides is 2. The van der Waals surface area contributed by atoms with Gasteiger partial charge in [-0.1, -0.05) is 11.6 Å². The Balaban J connectivity index is 1.55. The number of likely N-dealkylation sites (N-methyl/N-ethyl adjacent to an activating group) is 1. The fourth-order valence-corrected chi connectivity index (χ4v) is 4.12. The summed E-state index contributed by atoms with van der Waals surface area (Å²) >= 11 is 7.49. The predicted octanol–water partition coefficient (Wildman–Crippen LogP) is 3.28. The lowest BCUT2D eigenvalue weighted by Gasteiger charge is -2.33. The predicted molar refractivity (Wildman–Crippen MR) is 112 cm³/mol. The van der Waals surface area contributed by atoms with Gasteiger partial charge >= 0.3 is 6.03 Å². The molecule has 1 saturated heterocycles. The van der Waals surface area contributed by atoms with E-state index in [2.05, 4.69) is 33.2 Å². The fraction of sp³-hybridized carbons (Fsp3) is 0.474. The highest BCUT2D eigenvalue weighted by molar-refractivity contribution is 7.16. The molecule has 1 aliphatic rings. The minimum Gasteiger partial charge on any atom is -0.354 e. The van der Waals surface area contributed by atoms with Gasteiger partial charge in [0.25, 0.3) is 0 Å². The van der Waals surface area contributed by atoms with Crippen LogP contribution in [0.15, 0.2) is 30.5 Å². The molecule has 0 bridgehead atoms. The van der Waals surface area contributed by atoms with Gasteiger partial charge in [-0.25, -0.2) is 9.78 Å². The number of nitrogens with one attached hydrogen (secondary N) is 1. The van der Waals surface area contributed by atoms with Gasteiger partial charge in [0, 0.05) is 50.3 Å². The third kappa shape index (κ3) is 5.57. The summed E-state index contributed by atoms with van der Waals surface area (Å²) in [5.74, 6) is 0.982. The largest absolute Gasteiger partial charge is 0.354 e. The number of piperazine rings is 1. The summed E-state index contributed by atoms with van der Waals surface area (Å²) in [4.78, 5) is 24.5. The molecule has 1 N–H and O–H groups in total. The summed E-state index contributed by atoms with van der Waals surface area (Å²) in [5.41, 5.74) is 1.06. The number of hydrogen-bond acceptors (Lipinski definition) is 5. The summed E-state index contributed by atoms with van der Waals surface area (Å²) in [7, 11) is 2.14. The van der Waals surface area contributed by atoms with Gasteiger partial charge in [-0.3, -0.25) is 0 Å². The molecule has 1 fully saturated rings. The van der Waals surface area contributed by atoms with Crippen LogP contribution in [0.3, 0.4) is 0 Å². The van der Waals surface area contributed by atoms with Gasteiger partial charge in [0.1, 0.15) is 5.82 Å². The maximum absolute atomic E-state index is 12.5. The van der Waals surface area contributed by atoms with Crippen molar-refractivity contribution >= 4 is 34.8 Å².